The number of nitrogens with one attached hydrogen (secondary N) is 3. The lowest BCUT2D eigenvalue weighted by Gasteiger charge is -2.10. The van der Waals surface area contributed by atoms with Crippen molar-refractivity contribution in [1.82, 2.24) is 15.0 Å². The molecule has 0 bridgehead atoms. The Morgan fingerprint density at radius 3 is 2.35 bits per heavy atom. The van der Waals surface area contributed by atoms with Crippen LogP contribution in [0.4, 0.5) is 19.0 Å². The van der Waals surface area contributed by atoms with Crippen LogP contribution in [-0.4, -0.2) is 21.3 Å². The highest BCUT2D eigenvalue weighted by atomic mass is 32.2. The second-order valence-corrected chi connectivity index (χ2v) is 6.05. The number of alkyl halides is 3. The van der Waals surface area contributed by atoms with Crippen molar-refractivity contribution in [2.75, 3.05) is 4.72 Å². The van der Waals surface area contributed by atoms with Crippen LogP contribution in [0.2, 0.25) is 0 Å². The van der Waals surface area contributed by atoms with Gasteiger partial charge in [-0.25, -0.2) is 4.98 Å². The fourth-order valence-electron chi connectivity index (χ4n) is 2.10. The fourth-order valence-corrected chi connectivity index (χ4v) is 2.84. The zero-order valence-electron chi connectivity index (χ0n) is 13.1. The highest BCUT2D eigenvalue weighted by molar-refractivity contribution is 8.00. The average molecular weight is 384 g/mol. The van der Waals surface area contributed by atoms with E-state index in [9.17, 15) is 22.8 Å². The minimum Gasteiger partial charge on any atom is -0.404 e. The van der Waals surface area contributed by atoms with Gasteiger partial charge >= 0.3 is 17.5 Å². The third-order valence-corrected chi connectivity index (χ3v) is 4.22. The molecule has 0 aliphatic heterocycles. The van der Waals surface area contributed by atoms with Crippen molar-refractivity contribution in [2.24, 2.45) is 0 Å². The molecule has 1 aromatic carbocycles. The standard InChI is InChI=1S/C15H11F3N4O3S/c1-7-4-9-10(21-14(24)13(23)20-9)5-11(7)26-22-12-3-2-8(6-19-12)25-15(16,17)18/h2-6H,1H3,(H,19,22)(H,20,23)(H,21,24). The van der Waals surface area contributed by atoms with Gasteiger partial charge in [0, 0.05) is 4.90 Å². The molecule has 0 atom stereocenters. The van der Waals surface area contributed by atoms with Crippen molar-refractivity contribution in [3.05, 3.63) is 56.7 Å². The third-order valence-electron chi connectivity index (χ3n) is 3.25. The Labute approximate surface area is 147 Å². The van der Waals surface area contributed by atoms with Crippen LogP contribution in [0.5, 0.6) is 5.75 Å². The van der Waals surface area contributed by atoms with E-state index in [1.807, 2.05) is 0 Å². The van der Waals surface area contributed by atoms with Crippen LogP contribution in [0.25, 0.3) is 11.0 Å². The van der Waals surface area contributed by atoms with E-state index in [1.54, 1.807) is 19.1 Å². The van der Waals surface area contributed by atoms with Crippen molar-refractivity contribution >= 4 is 28.8 Å². The Morgan fingerprint density at radius 1 is 1.12 bits per heavy atom. The fraction of sp³-hybridized carbons (Fsp3) is 0.133. The minimum absolute atomic E-state index is 0.319. The Hall–Kier alpha value is -2.95. The van der Waals surface area contributed by atoms with Crippen molar-refractivity contribution in [2.45, 2.75) is 18.2 Å². The zero-order valence-corrected chi connectivity index (χ0v) is 13.9. The maximum Gasteiger partial charge on any atom is 0.573 e. The second kappa shape index (κ2) is 6.75. The number of rotatable bonds is 4. The molecule has 0 saturated carbocycles. The van der Waals surface area contributed by atoms with E-state index >= 15 is 0 Å². The van der Waals surface area contributed by atoms with Crippen molar-refractivity contribution in [3.8, 4) is 5.75 Å². The van der Waals surface area contributed by atoms with Gasteiger partial charge in [-0.2, -0.15) is 0 Å². The average Bonchev–Trinajstić information content (AvgIpc) is 2.55. The zero-order chi connectivity index (χ0) is 18.9. The lowest BCUT2D eigenvalue weighted by atomic mass is 10.2. The quantitative estimate of drug-likeness (QED) is 0.472. The van der Waals surface area contributed by atoms with Crippen LogP contribution in [-0.2, 0) is 0 Å². The summed E-state index contributed by atoms with van der Waals surface area (Å²) >= 11 is 1.15. The summed E-state index contributed by atoms with van der Waals surface area (Å²) in [6, 6.07) is 5.84. The largest absolute Gasteiger partial charge is 0.573 e. The summed E-state index contributed by atoms with van der Waals surface area (Å²) in [6.07, 6.45) is -3.82. The van der Waals surface area contributed by atoms with Crippen LogP contribution in [0.1, 0.15) is 5.56 Å². The molecule has 0 saturated heterocycles. The summed E-state index contributed by atoms with van der Waals surface area (Å²) in [7, 11) is 0. The monoisotopic (exact) mass is 384 g/mol. The van der Waals surface area contributed by atoms with Gasteiger partial charge in [0.05, 0.1) is 17.2 Å². The van der Waals surface area contributed by atoms with Crippen molar-refractivity contribution < 1.29 is 17.9 Å². The Balaban J connectivity index is 1.77. The number of hydrogen-bond acceptors (Lipinski definition) is 6. The molecule has 0 radical (unpaired) electrons. The number of halogens is 3. The first-order valence-electron chi connectivity index (χ1n) is 7.13. The van der Waals surface area contributed by atoms with Crippen molar-refractivity contribution in [3.63, 3.8) is 0 Å². The number of aromatic amines is 2. The molecule has 136 valence electrons. The van der Waals surface area contributed by atoms with Gasteiger partial charge in [0.1, 0.15) is 11.6 Å². The molecule has 0 unspecified atom stereocenters. The second-order valence-electron chi connectivity index (χ2n) is 5.20. The number of hydrogen-bond donors (Lipinski definition) is 3. The van der Waals surface area contributed by atoms with E-state index in [4.69, 9.17) is 0 Å². The summed E-state index contributed by atoms with van der Waals surface area (Å²) in [6.45, 7) is 1.81. The summed E-state index contributed by atoms with van der Waals surface area (Å²) < 4.78 is 43.0. The number of pyridine rings is 1. The number of H-pyrrole nitrogens is 2. The maximum atomic E-state index is 12.1. The predicted octanol–water partition coefficient (Wildman–Crippen LogP) is 2.94. The number of anilines is 1. The van der Waals surface area contributed by atoms with E-state index < -0.39 is 23.2 Å². The van der Waals surface area contributed by atoms with Gasteiger partial charge in [0.25, 0.3) is 0 Å². The van der Waals surface area contributed by atoms with E-state index in [0.717, 1.165) is 34.7 Å². The lowest BCUT2D eigenvalue weighted by Crippen LogP contribution is -2.28. The molecule has 2 heterocycles. The van der Waals surface area contributed by atoms with E-state index in [-0.39, 0.29) is 0 Å². The van der Waals surface area contributed by atoms with Crippen LogP contribution in [0, 0.1) is 6.92 Å². The van der Waals surface area contributed by atoms with Crippen LogP contribution < -0.4 is 20.6 Å². The Morgan fingerprint density at radius 2 is 1.77 bits per heavy atom. The number of ether oxygens (including phenoxy) is 1. The van der Waals surface area contributed by atoms with Crippen molar-refractivity contribution in [1.29, 1.82) is 0 Å². The Kier molecular flexibility index (Phi) is 4.64. The number of aromatic nitrogens is 3. The van der Waals surface area contributed by atoms with Gasteiger partial charge in [-0.05, 0) is 48.7 Å². The number of aryl methyl sites for hydroxylation is 1. The highest BCUT2D eigenvalue weighted by Gasteiger charge is 2.31. The molecule has 26 heavy (non-hydrogen) atoms. The van der Waals surface area contributed by atoms with Crippen LogP contribution >= 0.6 is 11.9 Å². The Bertz CT molecular complexity index is 1060. The first-order valence-corrected chi connectivity index (χ1v) is 7.94. The number of benzene rings is 1. The van der Waals surface area contributed by atoms with Gasteiger partial charge in [-0.15, -0.1) is 13.2 Å². The molecule has 11 heteroatoms. The normalized spacial score (nSPS) is 11.5. The molecule has 2 aromatic heterocycles. The summed E-state index contributed by atoms with van der Waals surface area (Å²) in [5, 5.41) is 0. The number of fused-ring (bicyclic) bond motifs is 1. The molecule has 0 fully saturated rings. The first kappa shape index (κ1) is 17.9. The first-order chi connectivity index (χ1) is 12.2. The molecule has 0 amide bonds. The van der Waals surface area contributed by atoms with Gasteiger partial charge in [-0.1, -0.05) is 0 Å². The van der Waals surface area contributed by atoms with Crippen LogP contribution in [0.15, 0.2) is 44.9 Å². The molecule has 0 aliphatic rings. The molecule has 0 aliphatic carbocycles. The van der Waals surface area contributed by atoms with E-state index in [2.05, 4.69) is 24.4 Å². The number of nitrogens with zero attached hydrogens (tertiary/aromatic N) is 1. The van der Waals surface area contributed by atoms with Gasteiger partial charge in [-0.3, -0.25) is 9.59 Å². The smallest absolute Gasteiger partial charge is 0.404 e. The molecule has 7 nitrogen and oxygen atoms in total. The maximum absolute atomic E-state index is 12.1. The lowest BCUT2D eigenvalue weighted by molar-refractivity contribution is -0.274. The summed E-state index contributed by atoms with van der Waals surface area (Å²) in [5.74, 6) is -0.101. The van der Waals surface area contributed by atoms with Crippen LogP contribution in [0.3, 0.4) is 0 Å². The van der Waals surface area contributed by atoms with E-state index in [1.165, 1.54) is 6.07 Å². The summed E-state index contributed by atoms with van der Waals surface area (Å²) in [4.78, 5) is 32.3. The minimum atomic E-state index is -4.77. The highest BCUT2D eigenvalue weighted by Crippen LogP contribution is 2.27. The molecule has 0 spiro atoms. The molecule has 3 rings (SSSR count). The van der Waals surface area contributed by atoms with Gasteiger partial charge < -0.3 is 19.4 Å². The molecular weight excluding hydrogens is 373 g/mol. The van der Waals surface area contributed by atoms with Gasteiger partial charge in [0.15, 0.2) is 0 Å². The SMILES string of the molecule is Cc1cc2[nH]c(=O)c(=O)[nH]c2cc1SNc1ccc(OC(F)(F)F)cn1. The topological polar surface area (TPSA) is 99.9 Å². The molecule has 3 aromatic rings. The van der Waals surface area contributed by atoms with Gasteiger partial charge in [0.2, 0.25) is 0 Å². The summed E-state index contributed by atoms with van der Waals surface area (Å²) in [5.41, 5.74) is 0.261. The molecule has 3 N–H and O–H groups in total. The van der Waals surface area contributed by atoms with E-state index in [0.29, 0.717) is 16.9 Å². The predicted molar refractivity (Wildman–Crippen MR) is 90.3 cm³/mol. The molecular formula is C15H11F3N4O3S. The third kappa shape index (κ3) is 4.17.